The summed E-state index contributed by atoms with van der Waals surface area (Å²) >= 11 is 7.98. The van der Waals surface area contributed by atoms with Gasteiger partial charge in [-0.15, -0.1) is 11.3 Å². The van der Waals surface area contributed by atoms with Crippen LogP contribution >= 0.6 is 22.9 Å². The number of hydrogen-bond donors (Lipinski definition) is 0. The molecule has 23 heavy (non-hydrogen) atoms. The fourth-order valence-electron chi connectivity index (χ4n) is 3.45. The average Bonchev–Trinajstić information content (AvgIpc) is 3.18. The molecule has 0 bridgehead atoms. The molecule has 0 amide bonds. The molecule has 5 nitrogen and oxygen atoms in total. The number of rotatable bonds is 3. The fourth-order valence-corrected chi connectivity index (χ4v) is 4.62. The molecule has 0 unspecified atom stereocenters. The number of likely N-dealkylation sites (tertiary alicyclic amines) is 1. The van der Waals surface area contributed by atoms with E-state index in [1.165, 1.54) is 31.5 Å². The second kappa shape index (κ2) is 6.51. The molecular formula is C16H21ClN4OS. The van der Waals surface area contributed by atoms with Crippen LogP contribution in [0, 0.1) is 0 Å². The maximum atomic E-state index is 6.25. The Balaban J connectivity index is 1.72. The molecular weight excluding hydrogens is 332 g/mol. The van der Waals surface area contributed by atoms with Gasteiger partial charge in [0.2, 0.25) is 5.28 Å². The first-order valence-electron chi connectivity index (χ1n) is 8.23. The third kappa shape index (κ3) is 3.05. The van der Waals surface area contributed by atoms with Crippen LogP contribution in [0.5, 0.6) is 0 Å². The van der Waals surface area contributed by atoms with E-state index in [1.807, 2.05) is 0 Å². The topological polar surface area (TPSA) is 41.5 Å². The van der Waals surface area contributed by atoms with Crippen LogP contribution in [-0.4, -0.2) is 53.8 Å². The number of aromatic nitrogens is 2. The van der Waals surface area contributed by atoms with Crippen LogP contribution in [0.25, 0.3) is 10.2 Å². The third-order valence-electron chi connectivity index (χ3n) is 4.68. The number of halogens is 1. The lowest BCUT2D eigenvalue weighted by atomic mass is 10.2. The largest absolute Gasteiger partial charge is 0.377 e. The maximum Gasteiger partial charge on any atom is 0.224 e. The van der Waals surface area contributed by atoms with Gasteiger partial charge in [-0.25, -0.2) is 4.98 Å². The van der Waals surface area contributed by atoms with Crippen LogP contribution in [0.15, 0.2) is 5.38 Å². The molecule has 0 aliphatic carbocycles. The van der Waals surface area contributed by atoms with E-state index in [1.54, 1.807) is 11.3 Å². The van der Waals surface area contributed by atoms with Crippen LogP contribution in [0.4, 0.5) is 5.82 Å². The van der Waals surface area contributed by atoms with Gasteiger partial charge in [0, 0.05) is 18.7 Å². The van der Waals surface area contributed by atoms with Crippen molar-refractivity contribution < 1.29 is 4.74 Å². The maximum absolute atomic E-state index is 6.25. The standard InChI is InChI=1S/C16H21ClN4OS/c1-11-9-22-7-6-21(11)15-14-13(18-16(17)19-15)12(10-23-14)8-20-4-2-3-5-20/h10-11H,2-9H2,1H3/t11-/m0/s1. The number of hydrogen-bond acceptors (Lipinski definition) is 6. The van der Waals surface area contributed by atoms with E-state index in [2.05, 4.69) is 32.1 Å². The Bertz CT molecular complexity index is 701. The quantitative estimate of drug-likeness (QED) is 0.794. The van der Waals surface area contributed by atoms with Crippen LogP contribution in [-0.2, 0) is 11.3 Å². The predicted octanol–water partition coefficient (Wildman–Crippen LogP) is 3.17. The van der Waals surface area contributed by atoms with Gasteiger partial charge >= 0.3 is 0 Å². The summed E-state index contributed by atoms with van der Waals surface area (Å²) < 4.78 is 6.70. The molecule has 2 aromatic heterocycles. The highest BCUT2D eigenvalue weighted by atomic mass is 35.5. The molecule has 0 radical (unpaired) electrons. The van der Waals surface area contributed by atoms with Crippen molar-refractivity contribution in [1.29, 1.82) is 0 Å². The molecule has 2 fully saturated rings. The number of morpholine rings is 1. The fraction of sp³-hybridized carbons (Fsp3) is 0.625. The molecule has 0 saturated carbocycles. The van der Waals surface area contributed by atoms with Gasteiger partial charge in [0.15, 0.2) is 5.82 Å². The van der Waals surface area contributed by atoms with Crippen molar-refractivity contribution in [2.45, 2.75) is 32.4 Å². The molecule has 2 aliphatic heterocycles. The van der Waals surface area contributed by atoms with Crippen LogP contribution < -0.4 is 4.90 Å². The van der Waals surface area contributed by atoms with Gasteiger partial charge in [0.1, 0.15) is 0 Å². The Morgan fingerprint density at radius 2 is 2.13 bits per heavy atom. The molecule has 7 heteroatoms. The van der Waals surface area contributed by atoms with Crippen molar-refractivity contribution in [3.8, 4) is 0 Å². The predicted molar refractivity (Wildman–Crippen MR) is 94.6 cm³/mol. The van der Waals surface area contributed by atoms with Crippen molar-refractivity contribution in [2.24, 2.45) is 0 Å². The van der Waals surface area contributed by atoms with Crippen molar-refractivity contribution in [1.82, 2.24) is 14.9 Å². The molecule has 0 spiro atoms. The van der Waals surface area contributed by atoms with Crippen molar-refractivity contribution in [2.75, 3.05) is 37.7 Å². The Hall–Kier alpha value is -0.950. The first kappa shape index (κ1) is 15.6. The average molecular weight is 353 g/mol. The Morgan fingerprint density at radius 3 is 2.91 bits per heavy atom. The normalized spacial score (nSPS) is 23.0. The summed E-state index contributed by atoms with van der Waals surface area (Å²) in [4.78, 5) is 13.9. The van der Waals surface area contributed by atoms with Gasteiger partial charge in [-0.1, -0.05) is 0 Å². The zero-order valence-electron chi connectivity index (χ0n) is 13.3. The highest BCUT2D eigenvalue weighted by Gasteiger charge is 2.25. The van der Waals surface area contributed by atoms with Crippen LogP contribution in [0.2, 0.25) is 5.28 Å². The van der Waals surface area contributed by atoms with Gasteiger partial charge in [0.25, 0.3) is 0 Å². The summed E-state index contributed by atoms with van der Waals surface area (Å²) in [6, 6.07) is 0.307. The number of fused-ring (bicyclic) bond motifs is 1. The molecule has 0 N–H and O–H groups in total. The lowest BCUT2D eigenvalue weighted by Crippen LogP contribution is -2.44. The van der Waals surface area contributed by atoms with Crippen molar-refractivity contribution in [3.63, 3.8) is 0 Å². The monoisotopic (exact) mass is 352 g/mol. The minimum Gasteiger partial charge on any atom is -0.377 e. The molecule has 2 aromatic rings. The minimum atomic E-state index is 0.307. The van der Waals surface area contributed by atoms with E-state index in [0.29, 0.717) is 11.3 Å². The van der Waals surface area contributed by atoms with E-state index in [4.69, 9.17) is 16.3 Å². The molecule has 2 saturated heterocycles. The zero-order valence-corrected chi connectivity index (χ0v) is 14.9. The second-order valence-corrected chi connectivity index (χ2v) is 7.57. The van der Waals surface area contributed by atoms with Gasteiger partial charge in [-0.3, -0.25) is 4.90 Å². The lowest BCUT2D eigenvalue weighted by molar-refractivity contribution is 0.0987. The number of ether oxygens (including phenoxy) is 1. The van der Waals surface area contributed by atoms with Gasteiger partial charge < -0.3 is 9.64 Å². The van der Waals surface area contributed by atoms with E-state index in [-0.39, 0.29) is 0 Å². The second-order valence-electron chi connectivity index (χ2n) is 6.36. The number of anilines is 1. The molecule has 124 valence electrons. The van der Waals surface area contributed by atoms with Gasteiger partial charge in [0.05, 0.1) is 29.5 Å². The van der Waals surface area contributed by atoms with Crippen molar-refractivity contribution >= 4 is 39.0 Å². The molecule has 4 rings (SSSR count). The summed E-state index contributed by atoms with van der Waals surface area (Å²) in [7, 11) is 0. The third-order valence-corrected chi connectivity index (χ3v) is 5.86. The van der Waals surface area contributed by atoms with Crippen molar-refractivity contribution in [3.05, 3.63) is 16.2 Å². The molecule has 2 aliphatic rings. The zero-order chi connectivity index (χ0) is 15.8. The van der Waals surface area contributed by atoms with Crippen LogP contribution in [0.1, 0.15) is 25.3 Å². The summed E-state index contributed by atoms with van der Waals surface area (Å²) in [5.74, 6) is 0.966. The molecule has 0 aromatic carbocycles. The van der Waals surface area contributed by atoms with Crippen LogP contribution in [0.3, 0.4) is 0 Å². The molecule has 1 atom stereocenters. The SMILES string of the molecule is C[C@H]1COCCN1c1nc(Cl)nc2c(CN3CCCC3)csc12. The van der Waals surface area contributed by atoms with E-state index in [9.17, 15) is 0 Å². The number of nitrogens with zero attached hydrogens (tertiary/aromatic N) is 4. The van der Waals surface area contributed by atoms with Gasteiger partial charge in [-0.2, -0.15) is 4.98 Å². The van der Waals surface area contributed by atoms with E-state index < -0.39 is 0 Å². The lowest BCUT2D eigenvalue weighted by Gasteiger charge is -2.34. The highest BCUT2D eigenvalue weighted by Crippen LogP contribution is 2.35. The van der Waals surface area contributed by atoms with E-state index in [0.717, 1.165) is 42.3 Å². The minimum absolute atomic E-state index is 0.307. The first-order valence-corrected chi connectivity index (χ1v) is 9.48. The Labute approximate surface area is 145 Å². The highest BCUT2D eigenvalue weighted by molar-refractivity contribution is 7.18. The summed E-state index contributed by atoms with van der Waals surface area (Å²) in [6.07, 6.45) is 2.60. The van der Waals surface area contributed by atoms with E-state index >= 15 is 0 Å². The summed E-state index contributed by atoms with van der Waals surface area (Å²) in [6.45, 7) is 7.82. The van der Waals surface area contributed by atoms with Gasteiger partial charge in [-0.05, 0) is 49.8 Å². The summed E-state index contributed by atoms with van der Waals surface area (Å²) in [5, 5.41) is 2.56. The Morgan fingerprint density at radius 1 is 1.30 bits per heavy atom. The first-order chi connectivity index (χ1) is 11.2. The smallest absolute Gasteiger partial charge is 0.224 e. The summed E-state index contributed by atoms with van der Waals surface area (Å²) in [5.41, 5.74) is 2.30. The molecule has 4 heterocycles. The number of thiophene rings is 1. The Kier molecular flexibility index (Phi) is 4.41.